The second-order valence-corrected chi connectivity index (χ2v) is 4.92. The Bertz CT molecular complexity index is 240. The molecule has 2 saturated heterocycles. The van der Waals surface area contributed by atoms with Gasteiger partial charge in [0.15, 0.2) is 0 Å². The molecule has 0 aromatic heterocycles. The molecule has 0 spiro atoms. The smallest absolute Gasteiger partial charge is 0.309 e. The molecule has 1 N–H and O–H groups in total. The zero-order chi connectivity index (χ0) is 10.9. The summed E-state index contributed by atoms with van der Waals surface area (Å²) in [6.07, 6.45) is 2.63. The van der Waals surface area contributed by atoms with E-state index in [1.165, 1.54) is 0 Å². The van der Waals surface area contributed by atoms with E-state index in [1.807, 2.05) is 6.92 Å². The lowest BCUT2D eigenvalue weighted by Gasteiger charge is -2.38. The Morgan fingerprint density at radius 3 is 2.60 bits per heavy atom. The average molecular weight is 213 g/mol. The number of carboxylic acids is 1. The van der Waals surface area contributed by atoms with E-state index in [9.17, 15) is 4.79 Å². The Balaban J connectivity index is 1.88. The van der Waals surface area contributed by atoms with E-state index >= 15 is 0 Å². The van der Waals surface area contributed by atoms with E-state index < -0.39 is 11.4 Å². The largest absolute Gasteiger partial charge is 0.481 e. The predicted molar refractivity (Wildman–Crippen MR) is 55.8 cm³/mol. The van der Waals surface area contributed by atoms with Crippen LogP contribution in [0.5, 0.6) is 0 Å². The van der Waals surface area contributed by atoms with E-state index in [4.69, 9.17) is 9.84 Å². The van der Waals surface area contributed by atoms with Crippen molar-refractivity contribution in [3.05, 3.63) is 0 Å². The fraction of sp³-hybridized carbons (Fsp3) is 0.909. The van der Waals surface area contributed by atoms with Gasteiger partial charge in [-0.05, 0) is 39.3 Å². The van der Waals surface area contributed by atoms with Crippen molar-refractivity contribution in [2.45, 2.75) is 32.2 Å². The van der Waals surface area contributed by atoms with Crippen LogP contribution >= 0.6 is 0 Å². The third-order valence-electron chi connectivity index (χ3n) is 3.84. The zero-order valence-corrected chi connectivity index (χ0v) is 9.24. The Hall–Kier alpha value is -0.610. The topological polar surface area (TPSA) is 49.8 Å². The van der Waals surface area contributed by atoms with Gasteiger partial charge in [0.2, 0.25) is 0 Å². The molecule has 2 aliphatic heterocycles. The fourth-order valence-corrected chi connectivity index (χ4v) is 2.41. The maximum absolute atomic E-state index is 11.1. The standard InChI is InChI=1S/C11H19NO3/c1-11(10(13)14)3-5-12(6-4-11)9-2-7-15-8-9/h9H,2-8H2,1H3,(H,13,14). The second-order valence-electron chi connectivity index (χ2n) is 4.92. The first kappa shape index (κ1) is 10.9. The molecule has 2 rings (SSSR count). The predicted octanol–water partition coefficient (Wildman–Crippen LogP) is 0.962. The van der Waals surface area contributed by atoms with Crippen molar-refractivity contribution in [3.63, 3.8) is 0 Å². The summed E-state index contributed by atoms with van der Waals surface area (Å²) in [4.78, 5) is 13.4. The summed E-state index contributed by atoms with van der Waals surface area (Å²) in [7, 11) is 0. The van der Waals surface area contributed by atoms with Crippen LogP contribution in [0.4, 0.5) is 0 Å². The molecule has 2 fully saturated rings. The number of hydrogen-bond acceptors (Lipinski definition) is 3. The van der Waals surface area contributed by atoms with Crippen LogP contribution in [0.3, 0.4) is 0 Å². The highest BCUT2D eigenvalue weighted by atomic mass is 16.5. The van der Waals surface area contributed by atoms with Crippen LogP contribution < -0.4 is 0 Å². The van der Waals surface area contributed by atoms with Gasteiger partial charge in [0.25, 0.3) is 0 Å². The van der Waals surface area contributed by atoms with E-state index in [2.05, 4.69) is 4.90 Å². The van der Waals surface area contributed by atoms with Crippen molar-refractivity contribution in [2.75, 3.05) is 26.3 Å². The summed E-state index contributed by atoms with van der Waals surface area (Å²) >= 11 is 0. The zero-order valence-electron chi connectivity index (χ0n) is 9.24. The maximum Gasteiger partial charge on any atom is 0.309 e. The number of piperidine rings is 1. The average Bonchev–Trinajstić information content (AvgIpc) is 2.72. The molecule has 4 heteroatoms. The van der Waals surface area contributed by atoms with Crippen LogP contribution in [-0.2, 0) is 9.53 Å². The summed E-state index contributed by atoms with van der Waals surface area (Å²) in [6.45, 7) is 5.34. The van der Waals surface area contributed by atoms with Gasteiger partial charge >= 0.3 is 5.97 Å². The molecule has 4 nitrogen and oxygen atoms in total. The summed E-state index contributed by atoms with van der Waals surface area (Å²) in [5.74, 6) is -0.648. The molecule has 0 amide bonds. The number of hydrogen-bond donors (Lipinski definition) is 1. The summed E-state index contributed by atoms with van der Waals surface area (Å²) in [5, 5.41) is 9.11. The molecule has 2 heterocycles. The lowest BCUT2D eigenvalue weighted by molar-refractivity contribution is -0.151. The molecule has 0 bridgehead atoms. The van der Waals surface area contributed by atoms with Gasteiger partial charge in [-0.3, -0.25) is 9.69 Å². The van der Waals surface area contributed by atoms with Gasteiger partial charge in [-0.2, -0.15) is 0 Å². The third kappa shape index (κ3) is 2.16. The van der Waals surface area contributed by atoms with Gasteiger partial charge in [0.05, 0.1) is 12.0 Å². The van der Waals surface area contributed by atoms with Gasteiger partial charge in [0, 0.05) is 12.6 Å². The number of aliphatic carboxylic acids is 1. The van der Waals surface area contributed by atoms with Crippen LogP contribution in [0.2, 0.25) is 0 Å². The molecule has 0 radical (unpaired) electrons. The first-order chi connectivity index (χ1) is 7.12. The van der Waals surface area contributed by atoms with Crippen LogP contribution in [0.1, 0.15) is 26.2 Å². The van der Waals surface area contributed by atoms with Gasteiger partial charge in [-0.15, -0.1) is 0 Å². The fourth-order valence-electron chi connectivity index (χ4n) is 2.41. The molecule has 15 heavy (non-hydrogen) atoms. The number of likely N-dealkylation sites (tertiary alicyclic amines) is 1. The maximum atomic E-state index is 11.1. The Morgan fingerprint density at radius 2 is 2.13 bits per heavy atom. The van der Waals surface area contributed by atoms with Crippen LogP contribution in [0, 0.1) is 5.41 Å². The summed E-state index contributed by atoms with van der Waals surface area (Å²) < 4.78 is 5.35. The monoisotopic (exact) mass is 213 g/mol. The van der Waals surface area contributed by atoms with E-state index in [0.29, 0.717) is 6.04 Å². The van der Waals surface area contributed by atoms with Crippen molar-refractivity contribution in [1.82, 2.24) is 4.90 Å². The molecule has 0 saturated carbocycles. The minimum absolute atomic E-state index is 0.504. The summed E-state index contributed by atoms with van der Waals surface area (Å²) in [6, 6.07) is 0.531. The molecule has 1 unspecified atom stereocenters. The first-order valence-electron chi connectivity index (χ1n) is 5.67. The minimum Gasteiger partial charge on any atom is -0.481 e. The van der Waals surface area contributed by atoms with Gasteiger partial charge in [-0.1, -0.05) is 0 Å². The Morgan fingerprint density at radius 1 is 1.47 bits per heavy atom. The Kier molecular flexibility index (Phi) is 2.98. The number of nitrogens with zero attached hydrogens (tertiary/aromatic N) is 1. The van der Waals surface area contributed by atoms with E-state index in [0.717, 1.165) is 45.6 Å². The number of rotatable bonds is 2. The quantitative estimate of drug-likeness (QED) is 0.742. The van der Waals surface area contributed by atoms with Crippen molar-refractivity contribution in [2.24, 2.45) is 5.41 Å². The molecule has 0 aromatic rings. The van der Waals surface area contributed by atoms with Crippen molar-refractivity contribution in [1.29, 1.82) is 0 Å². The molecule has 2 aliphatic rings. The van der Waals surface area contributed by atoms with Gasteiger partial charge < -0.3 is 9.84 Å². The minimum atomic E-state index is -0.648. The molecular weight excluding hydrogens is 194 g/mol. The molecule has 0 aromatic carbocycles. The van der Waals surface area contributed by atoms with E-state index in [1.54, 1.807) is 0 Å². The summed E-state index contributed by atoms with van der Waals surface area (Å²) in [5.41, 5.74) is -0.504. The highest BCUT2D eigenvalue weighted by Crippen LogP contribution is 2.32. The molecule has 1 atom stereocenters. The highest BCUT2D eigenvalue weighted by Gasteiger charge is 2.38. The Labute approximate surface area is 90.2 Å². The third-order valence-corrected chi connectivity index (χ3v) is 3.84. The van der Waals surface area contributed by atoms with Crippen LogP contribution in [-0.4, -0.2) is 48.3 Å². The number of ether oxygens (including phenoxy) is 1. The van der Waals surface area contributed by atoms with Crippen LogP contribution in [0.25, 0.3) is 0 Å². The normalized spacial score (nSPS) is 31.7. The SMILES string of the molecule is CC1(C(=O)O)CCN(C2CCOC2)CC1. The lowest BCUT2D eigenvalue weighted by Crippen LogP contribution is -2.47. The van der Waals surface area contributed by atoms with Crippen molar-refractivity contribution < 1.29 is 14.6 Å². The van der Waals surface area contributed by atoms with Crippen molar-refractivity contribution >= 4 is 5.97 Å². The number of carboxylic acid groups (broad SMARTS) is 1. The van der Waals surface area contributed by atoms with Crippen molar-refractivity contribution in [3.8, 4) is 0 Å². The van der Waals surface area contributed by atoms with Crippen LogP contribution in [0.15, 0.2) is 0 Å². The molecule has 86 valence electrons. The number of carbonyl (C=O) groups is 1. The van der Waals surface area contributed by atoms with E-state index in [-0.39, 0.29) is 0 Å². The molecule has 0 aliphatic carbocycles. The lowest BCUT2D eigenvalue weighted by atomic mass is 9.80. The first-order valence-corrected chi connectivity index (χ1v) is 5.67. The highest BCUT2D eigenvalue weighted by molar-refractivity contribution is 5.74. The van der Waals surface area contributed by atoms with Gasteiger partial charge in [-0.25, -0.2) is 0 Å². The molecular formula is C11H19NO3. The van der Waals surface area contributed by atoms with Gasteiger partial charge in [0.1, 0.15) is 0 Å². The second kappa shape index (κ2) is 4.10.